The number of fused-ring (bicyclic) bond motifs is 1. The zero-order valence-electron chi connectivity index (χ0n) is 9.85. The Morgan fingerprint density at radius 2 is 1.94 bits per heavy atom. The summed E-state index contributed by atoms with van der Waals surface area (Å²) in [5.74, 6) is 0.103. The molecule has 0 saturated carbocycles. The van der Waals surface area contributed by atoms with Crippen LogP contribution >= 0.6 is 0 Å². The number of hydrogen-bond donors (Lipinski definition) is 0. The van der Waals surface area contributed by atoms with E-state index < -0.39 is 0 Å². The van der Waals surface area contributed by atoms with Crippen molar-refractivity contribution in [3.05, 3.63) is 46.8 Å². The summed E-state index contributed by atoms with van der Waals surface area (Å²) in [6.45, 7) is 2.14. The van der Waals surface area contributed by atoms with Crippen LogP contribution in [0, 0.1) is 0 Å². The van der Waals surface area contributed by atoms with Crippen molar-refractivity contribution in [2.75, 3.05) is 0 Å². The van der Waals surface area contributed by atoms with Crippen LogP contribution in [0.4, 0.5) is 0 Å². The third-order valence-electron chi connectivity index (χ3n) is 2.76. The number of rotatable bonds is 4. The quantitative estimate of drug-likeness (QED) is 0.807. The summed E-state index contributed by atoms with van der Waals surface area (Å²) < 4.78 is 1.55. The number of pyridine rings is 1. The Morgan fingerprint density at radius 3 is 2.71 bits per heavy atom. The molecule has 0 spiro atoms. The molecule has 0 radical (unpaired) electrons. The number of Topliss-reactive ketones (excluding diaryl/α,β-unsaturated/α-hetero) is 1. The Morgan fingerprint density at radius 1 is 1.18 bits per heavy atom. The van der Waals surface area contributed by atoms with Gasteiger partial charge in [0.2, 0.25) is 0 Å². The zero-order chi connectivity index (χ0) is 12.3. The predicted octanol–water partition coefficient (Wildman–Crippen LogP) is 2.37. The molecule has 0 aliphatic heterocycles. The second kappa shape index (κ2) is 4.95. The lowest BCUT2D eigenvalue weighted by atomic mass is 10.2. The van der Waals surface area contributed by atoms with Crippen molar-refractivity contribution < 1.29 is 4.79 Å². The van der Waals surface area contributed by atoms with Crippen molar-refractivity contribution in [1.29, 1.82) is 0 Å². The first-order valence-electron chi connectivity index (χ1n) is 5.82. The van der Waals surface area contributed by atoms with E-state index in [2.05, 4.69) is 0 Å². The molecular weight excluding hydrogens is 214 g/mol. The van der Waals surface area contributed by atoms with Crippen molar-refractivity contribution in [1.82, 2.24) is 4.57 Å². The number of benzene rings is 1. The van der Waals surface area contributed by atoms with Gasteiger partial charge < -0.3 is 4.57 Å². The molecule has 0 aliphatic carbocycles. The van der Waals surface area contributed by atoms with Gasteiger partial charge in [-0.25, -0.2) is 0 Å². The highest BCUT2D eigenvalue weighted by Crippen LogP contribution is 2.11. The van der Waals surface area contributed by atoms with Crippen molar-refractivity contribution in [2.45, 2.75) is 26.3 Å². The van der Waals surface area contributed by atoms with Crippen LogP contribution in [-0.2, 0) is 11.3 Å². The number of para-hydroxylation sites is 1. The van der Waals surface area contributed by atoms with Gasteiger partial charge in [-0.15, -0.1) is 0 Å². The monoisotopic (exact) mass is 229 g/mol. The van der Waals surface area contributed by atoms with Gasteiger partial charge in [0.15, 0.2) is 5.78 Å². The van der Waals surface area contributed by atoms with Crippen LogP contribution in [0.15, 0.2) is 41.2 Å². The van der Waals surface area contributed by atoms with Crippen molar-refractivity contribution in [3.63, 3.8) is 0 Å². The lowest BCUT2D eigenvalue weighted by Crippen LogP contribution is -2.23. The number of hydrogen-bond acceptors (Lipinski definition) is 2. The van der Waals surface area contributed by atoms with Gasteiger partial charge in [0.05, 0.1) is 12.1 Å². The highest BCUT2D eigenvalue weighted by atomic mass is 16.1. The van der Waals surface area contributed by atoms with E-state index in [1.54, 1.807) is 10.6 Å². The number of carbonyl (C=O) groups excluding carboxylic acids is 1. The molecule has 0 aliphatic rings. The molecule has 0 amide bonds. The fourth-order valence-electron chi connectivity index (χ4n) is 1.94. The molecule has 3 heteroatoms. The maximum Gasteiger partial charge on any atom is 0.251 e. The Labute approximate surface area is 99.7 Å². The standard InChI is InChI=1S/C14H15NO2/c1-2-5-12(16)10-15-13-7-4-3-6-11(13)8-9-14(15)17/h3-4,6-9H,2,5,10H2,1H3. The van der Waals surface area contributed by atoms with Gasteiger partial charge in [-0.2, -0.15) is 0 Å². The first kappa shape index (κ1) is 11.6. The average molecular weight is 229 g/mol. The Bertz CT molecular complexity index is 598. The van der Waals surface area contributed by atoms with Crippen molar-refractivity contribution in [3.8, 4) is 0 Å². The fourth-order valence-corrected chi connectivity index (χ4v) is 1.94. The van der Waals surface area contributed by atoms with Crippen LogP contribution in [0.1, 0.15) is 19.8 Å². The van der Waals surface area contributed by atoms with Gasteiger partial charge in [0, 0.05) is 12.5 Å². The molecule has 3 nitrogen and oxygen atoms in total. The average Bonchev–Trinajstić information content (AvgIpc) is 2.33. The van der Waals surface area contributed by atoms with E-state index in [4.69, 9.17) is 0 Å². The second-order valence-electron chi connectivity index (χ2n) is 4.11. The van der Waals surface area contributed by atoms with Gasteiger partial charge in [-0.1, -0.05) is 25.1 Å². The zero-order valence-corrected chi connectivity index (χ0v) is 9.85. The van der Waals surface area contributed by atoms with Crippen molar-refractivity contribution in [2.24, 2.45) is 0 Å². The van der Waals surface area contributed by atoms with Gasteiger partial charge in [-0.05, 0) is 23.9 Å². The van der Waals surface area contributed by atoms with E-state index in [9.17, 15) is 9.59 Å². The molecule has 2 rings (SSSR count). The van der Waals surface area contributed by atoms with Crippen LogP contribution in [0.5, 0.6) is 0 Å². The summed E-state index contributed by atoms with van der Waals surface area (Å²) in [6.07, 6.45) is 1.34. The van der Waals surface area contributed by atoms with E-state index in [1.807, 2.05) is 31.2 Å². The minimum Gasteiger partial charge on any atom is -0.301 e. The van der Waals surface area contributed by atoms with Gasteiger partial charge in [0.25, 0.3) is 5.56 Å². The largest absolute Gasteiger partial charge is 0.301 e. The summed E-state index contributed by atoms with van der Waals surface area (Å²) in [5.41, 5.74) is 0.706. The van der Waals surface area contributed by atoms with Gasteiger partial charge >= 0.3 is 0 Å². The normalized spacial score (nSPS) is 10.6. The molecule has 0 saturated heterocycles. The maximum atomic E-state index is 11.8. The highest BCUT2D eigenvalue weighted by Gasteiger charge is 2.06. The summed E-state index contributed by atoms with van der Waals surface area (Å²) in [7, 11) is 0. The predicted molar refractivity (Wildman–Crippen MR) is 68.1 cm³/mol. The van der Waals surface area contributed by atoms with Crippen LogP contribution < -0.4 is 5.56 Å². The molecule has 0 atom stereocenters. The van der Waals surface area contributed by atoms with E-state index in [1.165, 1.54) is 6.07 Å². The third kappa shape index (κ3) is 2.44. The number of aromatic nitrogens is 1. The minimum atomic E-state index is -0.117. The van der Waals surface area contributed by atoms with Crippen molar-refractivity contribution >= 4 is 16.7 Å². The minimum absolute atomic E-state index is 0.103. The van der Waals surface area contributed by atoms with Gasteiger partial charge in [0.1, 0.15) is 0 Å². The number of ketones is 1. The lowest BCUT2D eigenvalue weighted by molar-refractivity contribution is -0.119. The van der Waals surface area contributed by atoms with Crippen LogP contribution in [-0.4, -0.2) is 10.4 Å². The highest BCUT2D eigenvalue weighted by molar-refractivity contribution is 5.83. The van der Waals surface area contributed by atoms with Crippen LogP contribution in [0.2, 0.25) is 0 Å². The molecule has 88 valence electrons. The van der Waals surface area contributed by atoms with E-state index in [0.29, 0.717) is 6.42 Å². The van der Waals surface area contributed by atoms with Crippen LogP contribution in [0.25, 0.3) is 10.9 Å². The molecule has 1 heterocycles. The molecule has 2 aromatic rings. The van der Waals surface area contributed by atoms with Gasteiger partial charge in [-0.3, -0.25) is 9.59 Å². The molecule has 0 fully saturated rings. The molecule has 0 bridgehead atoms. The SMILES string of the molecule is CCCC(=O)Cn1c(=O)ccc2ccccc21. The Hall–Kier alpha value is -1.90. The number of carbonyl (C=O) groups is 1. The second-order valence-corrected chi connectivity index (χ2v) is 4.11. The van der Waals surface area contributed by atoms with E-state index in [-0.39, 0.29) is 17.9 Å². The summed E-state index contributed by atoms with van der Waals surface area (Å²) >= 11 is 0. The summed E-state index contributed by atoms with van der Waals surface area (Å²) in [4.78, 5) is 23.4. The molecule has 0 N–H and O–H groups in total. The van der Waals surface area contributed by atoms with E-state index in [0.717, 1.165) is 17.3 Å². The lowest BCUT2D eigenvalue weighted by Gasteiger charge is -2.08. The fraction of sp³-hybridized carbons (Fsp3) is 0.286. The first-order chi connectivity index (χ1) is 8.22. The summed E-state index contributed by atoms with van der Waals surface area (Å²) in [6, 6.07) is 10.9. The topological polar surface area (TPSA) is 39.1 Å². The Kier molecular flexibility index (Phi) is 3.38. The first-order valence-corrected chi connectivity index (χ1v) is 5.82. The molecule has 1 aromatic carbocycles. The molecule has 0 unspecified atom stereocenters. The molecule has 1 aromatic heterocycles. The maximum absolute atomic E-state index is 11.8. The van der Waals surface area contributed by atoms with E-state index >= 15 is 0 Å². The summed E-state index contributed by atoms with van der Waals surface area (Å²) in [5, 5.41) is 0.983. The Balaban J connectivity index is 2.48. The molecular formula is C14H15NO2. The smallest absolute Gasteiger partial charge is 0.251 e. The van der Waals surface area contributed by atoms with Crippen LogP contribution in [0.3, 0.4) is 0 Å². The number of nitrogens with zero attached hydrogens (tertiary/aromatic N) is 1. The third-order valence-corrected chi connectivity index (χ3v) is 2.76. The molecule has 17 heavy (non-hydrogen) atoms.